The molecule has 150 valence electrons. The van der Waals surface area contributed by atoms with Crippen LogP contribution in [0, 0.1) is 5.92 Å². The molecule has 1 aromatic heterocycles. The number of alkyl carbamates (subject to hydrolysis) is 1. The van der Waals surface area contributed by atoms with Crippen LogP contribution in [0.15, 0.2) is 24.4 Å². The van der Waals surface area contributed by atoms with Gasteiger partial charge in [0.1, 0.15) is 17.7 Å². The lowest BCUT2D eigenvalue weighted by Crippen LogP contribution is -2.54. The average Bonchev–Trinajstić information content (AvgIpc) is 2.59. The summed E-state index contributed by atoms with van der Waals surface area (Å²) in [6, 6.07) is 4.96. The van der Waals surface area contributed by atoms with Gasteiger partial charge in [-0.3, -0.25) is 4.79 Å². The van der Waals surface area contributed by atoms with E-state index in [0.717, 1.165) is 12.8 Å². The largest absolute Gasteiger partial charge is 0.474 e. The molecule has 1 N–H and O–H groups in total. The summed E-state index contributed by atoms with van der Waals surface area (Å²) in [7, 11) is 0. The summed E-state index contributed by atoms with van der Waals surface area (Å²) in [5.41, 5.74) is -0.601. The highest BCUT2D eigenvalue weighted by atomic mass is 16.6. The Bertz CT molecular complexity index is 620. The zero-order chi connectivity index (χ0) is 20.0. The molecule has 0 unspecified atom stereocenters. The van der Waals surface area contributed by atoms with Crippen molar-refractivity contribution in [3.8, 4) is 5.88 Å². The molecular formula is C20H31N3O4. The quantitative estimate of drug-likeness (QED) is 0.853. The van der Waals surface area contributed by atoms with Gasteiger partial charge in [-0.25, -0.2) is 9.78 Å². The van der Waals surface area contributed by atoms with E-state index < -0.39 is 17.7 Å². The molecule has 7 nitrogen and oxygen atoms in total. The number of nitrogens with zero attached hydrogens (tertiary/aromatic N) is 2. The van der Waals surface area contributed by atoms with E-state index in [2.05, 4.69) is 10.3 Å². The summed E-state index contributed by atoms with van der Waals surface area (Å²) in [6.45, 7) is 10.4. The van der Waals surface area contributed by atoms with Crippen LogP contribution in [0.5, 0.6) is 5.88 Å². The van der Waals surface area contributed by atoms with Gasteiger partial charge in [0.2, 0.25) is 11.8 Å². The molecule has 0 radical (unpaired) electrons. The standard InChI is InChI=1S/C20H31N3O4/c1-14(2)17(22-19(25)27-20(3,4)5)18(24)23-12-9-15(10-13-23)26-16-8-6-7-11-21-16/h6-8,11,14-15,17H,9-10,12-13H2,1-5H3,(H,22,25)/t17-/m0/s1. The molecular weight excluding hydrogens is 346 g/mol. The number of hydrogen-bond donors (Lipinski definition) is 1. The smallest absolute Gasteiger partial charge is 0.408 e. The Hall–Kier alpha value is -2.31. The molecule has 0 aromatic carbocycles. The maximum atomic E-state index is 12.9. The van der Waals surface area contributed by atoms with E-state index in [0.29, 0.717) is 19.0 Å². The first kappa shape index (κ1) is 21.0. The average molecular weight is 377 g/mol. The van der Waals surface area contributed by atoms with Crippen molar-refractivity contribution in [1.82, 2.24) is 15.2 Å². The Morgan fingerprint density at radius 1 is 1.22 bits per heavy atom. The normalized spacial score (nSPS) is 16.7. The van der Waals surface area contributed by atoms with Gasteiger partial charge in [0, 0.05) is 38.2 Å². The monoisotopic (exact) mass is 377 g/mol. The summed E-state index contributed by atoms with van der Waals surface area (Å²) in [6.07, 6.45) is 2.64. The Morgan fingerprint density at radius 3 is 2.41 bits per heavy atom. The number of hydrogen-bond acceptors (Lipinski definition) is 5. The van der Waals surface area contributed by atoms with Crippen molar-refractivity contribution in [1.29, 1.82) is 0 Å². The van der Waals surface area contributed by atoms with Crippen LogP contribution in [0.4, 0.5) is 4.79 Å². The van der Waals surface area contributed by atoms with E-state index >= 15 is 0 Å². The van der Waals surface area contributed by atoms with Crippen LogP contribution in [0.25, 0.3) is 0 Å². The number of nitrogens with one attached hydrogen (secondary N) is 1. The highest BCUT2D eigenvalue weighted by molar-refractivity contribution is 5.86. The molecule has 1 atom stereocenters. The molecule has 7 heteroatoms. The van der Waals surface area contributed by atoms with Crippen molar-refractivity contribution < 1.29 is 19.1 Å². The molecule has 1 aliphatic heterocycles. The predicted octanol–water partition coefficient (Wildman–Crippen LogP) is 3.00. The number of carbonyl (C=O) groups is 2. The lowest BCUT2D eigenvalue weighted by atomic mass is 10.0. The van der Waals surface area contributed by atoms with Gasteiger partial charge in [-0.05, 0) is 32.8 Å². The van der Waals surface area contributed by atoms with Crippen LogP contribution in [-0.2, 0) is 9.53 Å². The zero-order valence-corrected chi connectivity index (χ0v) is 16.9. The first-order chi connectivity index (χ1) is 12.7. The number of aromatic nitrogens is 1. The Balaban J connectivity index is 1.88. The molecule has 1 fully saturated rings. The molecule has 1 aromatic rings. The Labute approximate surface area is 161 Å². The summed E-state index contributed by atoms with van der Waals surface area (Å²) >= 11 is 0. The van der Waals surface area contributed by atoms with Crippen molar-refractivity contribution >= 4 is 12.0 Å². The molecule has 0 bridgehead atoms. The molecule has 0 spiro atoms. The number of piperidine rings is 1. The van der Waals surface area contributed by atoms with Crippen molar-refractivity contribution in [3.63, 3.8) is 0 Å². The second-order valence-electron chi connectivity index (χ2n) is 8.18. The van der Waals surface area contributed by atoms with Crippen LogP contribution in [0.3, 0.4) is 0 Å². The number of carbonyl (C=O) groups excluding carboxylic acids is 2. The third-order valence-corrected chi connectivity index (χ3v) is 4.28. The number of amides is 2. The van der Waals surface area contributed by atoms with Gasteiger partial charge in [0.15, 0.2) is 0 Å². The molecule has 1 saturated heterocycles. The third-order valence-electron chi connectivity index (χ3n) is 4.28. The Kier molecular flexibility index (Phi) is 7.05. The molecule has 2 rings (SSSR count). The van der Waals surface area contributed by atoms with Crippen LogP contribution in [0.1, 0.15) is 47.5 Å². The van der Waals surface area contributed by atoms with Gasteiger partial charge in [-0.2, -0.15) is 0 Å². The zero-order valence-electron chi connectivity index (χ0n) is 16.9. The van der Waals surface area contributed by atoms with Crippen LogP contribution in [0.2, 0.25) is 0 Å². The second-order valence-corrected chi connectivity index (χ2v) is 8.18. The highest BCUT2D eigenvalue weighted by Crippen LogP contribution is 2.19. The SMILES string of the molecule is CC(C)[C@H](NC(=O)OC(C)(C)C)C(=O)N1CCC(Oc2ccccn2)CC1. The molecule has 2 amide bonds. The maximum absolute atomic E-state index is 12.9. The van der Waals surface area contributed by atoms with Crippen molar-refractivity contribution in [3.05, 3.63) is 24.4 Å². The van der Waals surface area contributed by atoms with Gasteiger partial charge in [-0.1, -0.05) is 19.9 Å². The first-order valence-electron chi connectivity index (χ1n) is 9.51. The summed E-state index contributed by atoms with van der Waals surface area (Å²) in [5, 5.41) is 2.73. The molecule has 1 aliphatic rings. The molecule has 0 aliphatic carbocycles. The summed E-state index contributed by atoms with van der Waals surface area (Å²) < 4.78 is 11.2. The maximum Gasteiger partial charge on any atom is 0.408 e. The number of ether oxygens (including phenoxy) is 2. The number of pyridine rings is 1. The van der Waals surface area contributed by atoms with Gasteiger partial charge in [0.05, 0.1) is 0 Å². The fraction of sp³-hybridized carbons (Fsp3) is 0.650. The summed E-state index contributed by atoms with van der Waals surface area (Å²) in [5.74, 6) is 0.494. The topological polar surface area (TPSA) is 80.8 Å². The van der Waals surface area contributed by atoms with E-state index in [4.69, 9.17) is 9.47 Å². The van der Waals surface area contributed by atoms with Crippen LogP contribution in [-0.4, -0.2) is 52.7 Å². The molecule has 2 heterocycles. The van der Waals surface area contributed by atoms with Gasteiger partial charge in [0.25, 0.3) is 0 Å². The van der Waals surface area contributed by atoms with E-state index in [9.17, 15) is 9.59 Å². The Morgan fingerprint density at radius 2 is 1.89 bits per heavy atom. The highest BCUT2D eigenvalue weighted by Gasteiger charge is 2.32. The fourth-order valence-electron chi connectivity index (χ4n) is 2.93. The van der Waals surface area contributed by atoms with Crippen LogP contribution >= 0.6 is 0 Å². The predicted molar refractivity (Wildman–Crippen MR) is 102 cm³/mol. The third kappa shape index (κ3) is 6.73. The lowest BCUT2D eigenvalue weighted by Gasteiger charge is -2.35. The van der Waals surface area contributed by atoms with Crippen LogP contribution < -0.4 is 10.1 Å². The fourth-order valence-corrected chi connectivity index (χ4v) is 2.93. The minimum Gasteiger partial charge on any atom is -0.474 e. The first-order valence-corrected chi connectivity index (χ1v) is 9.51. The lowest BCUT2D eigenvalue weighted by molar-refractivity contribution is -0.136. The minimum absolute atomic E-state index is 0.0347. The second kappa shape index (κ2) is 9.06. The van der Waals surface area contributed by atoms with Crippen molar-refractivity contribution in [2.24, 2.45) is 5.92 Å². The molecule has 27 heavy (non-hydrogen) atoms. The van der Waals surface area contributed by atoms with Crippen molar-refractivity contribution in [2.45, 2.75) is 65.2 Å². The number of rotatable bonds is 5. The van der Waals surface area contributed by atoms with Gasteiger partial charge < -0.3 is 19.7 Å². The van der Waals surface area contributed by atoms with Gasteiger partial charge >= 0.3 is 6.09 Å². The van der Waals surface area contributed by atoms with Gasteiger partial charge in [-0.15, -0.1) is 0 Å². The molecule has 0 saturated carbocycles. The van der Waals surface area contributed by atoms with E-state index in [-0.39, 0.29) is 17.9 Å². The van der Waals surface area contributed by atoms with E-state index in [1.807, 2.05) is 32.0 Å². The van der Waals surface area contributed by atoms with E-state index in [1.54, 1.807) is 31.9 Å². The van der Waals surface area contributed by atoms with E-state index in [1.165, 1.54) is 0 Å². The number of likely N-dealkylation sites (tertiary alicyclic amines) is 1. The van der Waals surface area contributed by atoms with Crippen molar-refractivity contribution in [2.75, 3.05) is 13.1 Å². The minimum atomic E-state index is -0.604. The summed E-state index contributed by atoms with van der Waals surface area (Å²) in [4.78, 5) is 31.0.